The van der Waals surface area contributed by atoms with E-state index < -0.39 is 0 Å². The Hall–Kier alpha value is -3.01. The highest BCUT2D eigenvalue weighted by Crippen LogP contribution is 2.36. The van der Waals surface area contributed by atoms with Gasteiger partial charge in [-0.25, -0.2) is 0 Å². The lowest BCUT2D eigenvalue weighted by Gasteiger charge is -2.35. The number of fused-ring (bicyclic) bond motifs is 2. The summed E-state index contributed by atoms with van der Waals surface area (Å²) >= 11 is 6.42. The second-order valence-electron chi connectivity index (χ2n) is 8.41. The summed E-state index contributed by atoms with van der Waals surface area (Å²) in [5, 5.41) is 3.33. The molecule has 4 heteroatoms. The molecule has 162 valence electrons. The Balaban J connectivity index is 1.58. The Morgan fingerprint density at radius 1 is 0.844 bits per heavy atom. The van der Waals surface area contributed by atoms with E-state index in [4.69, 9.17) is 21.1 Å². The number of nitrogens with one attached hydrogen (secondary N) is 1. The van der Waals surface area contributed by atoms with Crippen LogP contribution in [0.2, 0.25) is 5.02 Å². The molecule has 5 rings (SSSR count). The summed E-state index contributed by atoms with van der Waals surface area (Å²) < 4.78 is 11.2. The third kappa shape index (κ3) is 3.94. The second kappa shape index (κ2) is 8.85. The van der Waals surface area contributed by atoms with Gasteiger partial charge in [0.2, 0.25) is 0 Å². The quantitative estimate of drug-likeness (QED) is 0.455. The predicted molar refractivity (Wildman–Crippen MR) is 130 cm³/mol. The van der Waals surface area contributed by atoms with Gasteiger partial charge >= 0.3 is 0 Å². The molecule has 3 nitrogen and oxygen atoms in total. The number of quaternary nitrogens is 1. The Bertz CT molecular complexity index is 1270. The number of halogens is 1. The molecule has 0 bridgehead atoms. The standard InChI is InChI=1S/C28H26ClNO2/c1-31-26-16-22-12-13-30(18-19-10-11-20-6-3-4-7-21(20)14-19)28(25(22)17-27(26)32-2)23-8-5-9-24(29)15-23/h3-11,14-17,28H,12-13,18H2,1-2H3/p+1/t28-/m0/s1. The van der Waals surface area contributed by atoms with Crippen molar-refractivity contribution in [1.82, 2.24) is 0 Å². The van der Waals surface area contributed by atoms with Crippen LogP contribution in [0.4, 0.5) is 0 Å². The van der Waals surface area contributed by atoms with E-state index in [0.29, 0.717) is 0 Å². The lowest BCUT2D eigenvalue weighted by Crippen LogP contribution is -3.12. The van der Waals surface area contributed by atoms with Crippen molar-refractivity contribution in [2.24, 2.45) is 0 Å². The fourth-order valence-corrected chi connectivity index (χ4v) is 5.18. The molecule has 1 heterocycles. The summed E-state index contributed by atoms with van der Waals surface area (Å²) in [6.45, 7) is 1.97. The average Bonchev–Trinajstić information content (AvgIpc) is 2.83. The summed E-state index contributed by atoms with van der Waals surface area (Å²) in [6.07, 6.45) is 0.996. The van der Waals surface area contributed by atoms with Crippen LogP contribution < -0.4 is 14.4 Å². The molecule has 32 heavy (non-hydrogen) atoms. The summed E-state index contributed by atoms with van der Waals surface area (Å²) in [5.41, 5.74) is 5.16. The van der Waals surface area contributed by atoms with Crippen molar-refractivity contribution in [3.63, 3.8) is 0 Å². The number of rotatable bonds is 5. The maximum absolute atomic E-state index is 6.42. The van der Waals surface area contributed by atoms with Crippen molar-refractivity contribution in [3.05, 3.63) is 106 Å². The van der Waals surface area contributed by atoms with Crippen molar-refractivity contribution in [1.29, 1.82) is 0 Å². The van der Waals surface area contributed by atoms with Crippen molar-refractivity contribution < 1.29 is 14.4 Å². The molecule has 0 spiro atoms. The average molecular weight is 445 g/mol. The van der Waals surface area contributed by atoms with Gasteiger partial charge in [-0.1, -0.05) is 60.1 Å². The lowest BCUT2D eigenvalue weighted by molar-refractivity contribution is -0.941. The summed E-state index contributed by atoms with van der Waals surface area (Å²) in [7, 11) is 3.39. The number of benzene rings is 4. The van der Waals surface area contributed by atoms with Crippen molar-refractivity contribution >= 4 is 22.4 Å². The van der Waals surface area contributed by atoms with E-state index in [-0.39, 0.29) is 6.04 Å². The molecule has 4 aromatic carbocycles. The van der Waals surface area contributed by atoms with Gasteiger partial charge in [-0.15, -0.1) is 0 Å². The maximum Gasteiger partial charge on any atom is 0.161 e. The first-order valence-electron chi connectivity index (χ1n) is 11.0. The minimum atomic E-state index is 0.170. The van der Waals surface area contributed by atoms with E-state index in [1.54, 1.807) is 14.2 Å². The molecule has 0 amide bonds. The zero-order valence-electron chi connectivity index (χ0n) is 18.4. The van der Waals surface area contributed by atoms with Gasteiger partial charge in [-0.05, 0) is 46.7 Å². The minimum Gasteiger partial charge on any atom is -0.493 e. The predicted octanol–water partition coefficient (Wildman–Crippen LogP) is 5.24. The summed E-state index contributed by atoms with van der Waals surface area (Å²) in [4.78, 5) is 1.50. The molecule has 0 fully saturated rings. The van der Waals surface area contributed by atoms with Gasteiger partial charge < -0.3 is 14.4 Å². The van der Waals surface area contributed by atoms with Gasteiger partial charge in [0.1, 0.15) is 12.6 Å². The second-order valence-corrected chi connectivity index (χ2v) is 8.85. The molecule has 0 aromatic heterocycles. The summed E-state index contributed by atoms with van der Waals surface area (Å²) in [5.74, 6) is 1.55. The summed E-state index contributed by atoms with van der Waals surface area (Å²) in [6, 6.07) is 28.1. The first kappa shape index (κ1) is 20.9. The Morgan fingerprint density at radius 3 is 2.41 bits per heavy atom. The van der Waals surface area contributed by atoms with Gasteiger partial charge in [0.05, 0.1) is 20.8 Å². The molecule has 1 aliphatic rings. The van der Waals surface area contributed by atoms with Crippen LogP contribution in [0.1, 0.15) is 28.3 Å². The molecular weight excluding hydrogens is 418 g/mol. The number of ether oxygens (including phenoxy) is 2. The van der Waals surface area contributed by atoms with Crippen LogP contribution in [0.3, 0.4) is 0 Å². The smallest absolute Gasteiger partial charge is 0.161 e. The lowest BCUT2D eigenvalue weighted by atomic mass is 9.87. The van der Waals surface area contributed by atoms with Crippen molar-refractivity contribution in [3.8, 4) is 11.5 Å². The Labute approximate surface area is 194 Å². The number of methoxy groups -OCH3 is 2. The molecule has 0 saturated carbocycles. The first-order valence-corrected chi connectivity index (χ1v) is 11.4. The third-order valence-corrected chi connectivity index (χ3v) is 6.74. The topological polar surface area (TPSA) is 22.9 Å². The van der Waals surface area contributed by atoms with E-state index >= 15 is 0 Å². The van der Waals surface area contributed by atoms with Crippen LogP contribution in [-0.2, 0) is 13.0 Å². The van der Waals surface area contributed by atoms with Crippen molar-refractivity contribution in [2.45, 2.75) is 19.0 Å². The van der Waals surface area contributed by atoms with Crippen LogP contribution in [0.15, 0.2) is 78.9 Å². The van der Waals surface area contributed by atoms with Gasteiger partial charge in [-0.2, -0.15) is 0 Å². The minimum absolute atomic E-state index is 0.170. The Kier molecular flexibility index (Phi) is 5.77. The largest absolute Gasteiger partial charge is 0.493 e. The van der Waals surface area contributed by atoms with E-state index in [1.807, 2.05) is 12.1 Å². The number of hydrogen-bond donors (Lipinski definition) is 1. The van der Waals surface area contributed by atoms with Crippen molar-refractivity contribution in [2.75, 3.05) is 20.8 Å². The Morgan fingerprint density at radius 2 is 1.62 bits per heavy atom. The van der Waals surface area contributed by atoms with Crippen LogP contribution in [0, 0.1) is 0 Å². The van der Waals surface area contributed by atoms with E-state index in [9.17, 15) is 0 Å². The first-order chi connectivity index (χ1) is 15.7. The van der Waals surface area contributed by atoms with Crippen LogP contribution in [0.25, 0.3) is 10.8 Å². The highest BCUT2D eigenvalue weighted by molar-refractivity contribution is 6.30. The fourth-order valence-electron chi connectivity index (χ4n) is 4.98. The van der Waals surface area contributed by atoms with Crippen LogP contribution in [0.5, 0.6) is 11.5 Å². The van der Waals surface area contributed by atoms with Crippen LogP contribution in [-0.4, -0.2) is 20.8 Å². The zero-order valence-corrected chi connectivity index (χ0v) is 19.2. The normalized spacial score (nSPS) is 17.7. The zero-order chi connectivity index (χ0) is 22.1. The molecule has 4 aromatic rings. The molecular formula is C28H27ClNO2+. The molecule has 2 atom stereocenters. The van der Waals surface area contributed by atoms with Gasteiger partial charge in [0.15, 0.2) is 11.5 Å². The number of hydrogen-bond acceptors (Lipinski definition) is 2. The molecule has 0 saturated heterocycles. The molecule has 0 aliphatic carbocycles. The maximum atomic E-state index is 6.42. The molecule has 0 radical (unpaired) electrons. The van der Waals surface area contributed by atoms with E-state index in [1.165, 1.54) is 37.9 Å². The SMILES string of the molecule is COc1cc2c(cc1OC)[C@H](c1cccc(Cl)c1)[NH+](Cc1ccc3ccccc3c1)CC2. The molecule has 1 unspecified atom stereocenters. The monoisotopic (exact) mass is 444 g/mol. The van der Waals surface area contributed by atoms with Gasteiger partial charge in [-0.3, -0.25) is 0 Å². The molecule has 1 aliphatic heterocycles. The van der Waals surface area contributed by atoms with Crippen LogP contribution >= 0.6 is 11.6 Å². The molecule has 1 N–H and O–H groups in total. The fraction of sp³-hybridized carbons (Fsp3) is 0.214. The van der Waals surface area contributed by atoms with Gasteiger partial charge in [0, 0.05) is 28.1 Å². The highest BCUT2D eigenvalue weighted by atomic mass is 35.5. The van der Waals surface area contributed by atoms with E-state index in [2.05, 4.69) is 66.7 Å². The third-order valence-electron chi connectivity index (χ3n) is 6.51. The van der Waals surface area contributed by atoms with Gasteiger partial charge in [0.25, 0.3) is 0 Å². The highest BCUT2D eigenvalue weighted by Gasteiger charge is 2.34. The van der Waals surface area contributed by atoms with E-state index in [0.717, 1.165) is 36.0 Å².